The van der Waals surface area contributed by atoms with Gasteiger partial charge in [0.1, 0.15) is 5.82 Å². The summed E-state index contributed by atoms with van der Waals surface area (Å²) in [6.07, 6.45) is 3.91. The smallest absolute Gasteiger partial charge is 0.262 e. The van der Waals surface area contributed by atoms with Gasteiger partial charge in [-0.3, -0.25) is 14.4 Å². The van der Waals surface area contributed by atoms with Crippen LogP contribution in [0.15, 0.2) is 58.9 Å². The number of hydrogen-bond acceptors (Lipinski definition) is 6. The number of hydrogen-bond donors (Lipinski definition) is 2. The Morgan fingerprint density at radius 3 is 2.24 bits per heavy atom. The Bertz CT molecular complexity index is 1320. The predicted molar refractivity (Wildman–Crippen MR) is 141 cm³/mol. The number of dihydropyridines is 1. The van der Waals surface area contributed by atoms with Crippen molar-refractivity contribution >= 4 is 34.8 Å². The molecule has 2 aliphatic carbocycles. The van der Waals surface area contributed by atoms with E-state index in [9.17, 15) is 18.8 Å². The van der Waals surface area contributed by atoms with Crippen molar-refractivity contribution in [2.45, 2.75) is 51.4 Å². The fraction of sp³-hybridized carbons (Fsp3) is 0.345. The molecule has 0 aromatic heterocycles. The quantitative estimate of drug-likeness (QED) is 0.477. The van der Waals surface area contributed by atoms with Crippen LogP contribution in [0, 0.1) is 5.82 Å². The molecule has 2 N–H and O–H groups in total. The van der Waals surface area contributed by atoms with Crippen molar-refractivity contribution in [3.63, 3.8) is 0 Å². The van der Waals surface area contributed by atoms with Crippen LogP contribution in [0.3, 0.4) is 0 Å². The maximum absolute atomic E-state index is 13.1. The Morgan fingerprint density at radius 2 is 1.63 bits per heavy atom. The third-order valence-electron chi connectivity index (χ3n) is 6.93. The van der Waals surface area contributed by atoms with Crippen molar-refractivity contribution in [1.82, 2.24) is 5.32 Å². The number of benzene rings is 2. The van der Waals surface area contributed by atoms with Crippen LogP contribution in [-0.4, -0.2) is 30.7 Å². The molecule has 0 radical (unpaired) electrons. The van der Waals surface area contributed by atoms with Gasteiger partial charge in [-0.05, 0) is 74.6 Å². The van der Waals surface area contributed by atoms with Crippen molar-refractivity contribution in [3.8, 4) is 11.5 Å². The fourth-order valence-corrected chi connectivity index (χ4v) is 5.62. The molecule has 9 heteroatoms. The molecule has 1 amide bonds. The number of Topliss-reactive ketones (excluding diaryl/α,β-unsaturated/α-hetero) is 2. The maximum Gasteiger partial charge on any atom is 0.262 e. The topological polar surface area (TPSA) is 93.7 Å². The molecule has 7 nitrogen and oxygen atoms in total. The third-order valence-corrected chi connectivity index (χ3v) is 7.21. The molecule has 2 aromatic carbocycles. The Balaban J connectivity index is 1.47. The van der Waals surface area contributed by atoms with Gasteiger partial charge in [0, 0.05) is 47.0 Å². The Morgan fingerprint density at radius 1 is 1.00 bits per heavy atom. The van der Waals surface area contributed by atoms with E-state index in [0.717, 1.165) is 37.1 Å². The summed E-state index contributed by atoms with van der Waals surface area (Å²) in [4.78, 5) is 38.7. The average molecular weight is 539 g/mol. The standard InChI is InChI=1S/C29H28ClFN2O5/c1-2-37-24-14-16(13-19(30)29(24)38-15-25(36)32-18-11-9-17(31)10-12-18)26-27-20(5-3-7-22(27)34)33-21-6-4-8-23(35)28(21)26/h9-14,26,33H,2-8,15H2,1H3,(H,32,36). The molecule has 38 heavy (non-hydrogen) atoms. The number of rotatable bonds is 7. The zero-order chi connectivity index (χ0) is 26.8. The van der Waals surface area contributed by atoms with Crippen LogP contribution in [0.1, 0.15) is 56.9 Å². The Labute approximate surface area is 225 Å². The highest BCUT2D eigenvalue weighted by Crippen LogP contribution is 2.48. The van der Waals surface area contributed by atoms with E-state index in [1.54, 1.807) is 12.1 Å². The second kappa shape index (κ2) is 11.0. The zero-order valence-electron chi connectivity index (χ0n) is 21.0. The molecule has 0 bridgehead atoms. The number of ketones is 2. The summed E-state index contributed by atoms with van der Waals surface area (Å²) >= 11 is 6.68. The van der Waals surface area contributed by atoms with Crippen LogP contribution in [0.5, 0.6) is 11.5 Å². The average Bonchev–Trinajstić information content (AvgIpc) is 2.89. The van der Waals surface area contributed by atoms with Crippen molar-refractivity contribution in [3.05, 3.63) is 75.3 Å². The lowest BCUT2D eigenvalue weighted by Crippen LogP contribution is -2.36. The number of carbonyl (C=O) groups excluding carboxylic acids is 3. The van der Waals surface area contributed by atoms with Gasteiger partial charge in [0.15, 0.2) is 29.7 Å². The number of allylic oxidation sites excluding steroid dienone is 4. The minimum Gasteiger partial charge on any atom is -0.490 e. The molecule has 1 heterocycles. The largest absolute Gasteiger partial charge is 0.490 e. The highest BCUT2D eigenvalue weighted by molar-refractivity contribution is 6.32. The van der Waals surface area contributed by atoms with Gasteiger partial charge < -0.3 is 20.1 Å². The lowest BCUT2D eigenvalue weighted by Gasteiger charge is -2.37. The lowest BCUT2D eigenvalue weighted by molar-refractivity contribution is -0.118. The molecule has 0 saturated heterocycles. The van der Waals surface area contributed by atoms with E-state index < -0.39 is 17.6 Å². The number of halogens is 2. The van der Waals surface area contributed by atoms with Crippen LogP contribution in [0.25, 0.3) is 0 Å². The van der Waals surface area contributed by atoms with E-state index in [1.165, 1.54) is 24.3 Å². The third kappa shape index (κ3) is 5.18. The molecule has 3 aliphatic rings. The minimum atomic E-state index is -0.533. The first-order valence-electron chi connectivity index (χ1n) is 12.8. The summed E-state index contributed by atoms with van der Waals surface area (Å²) in [6, 6.07) is 8.82. The predicted octanol–water partition coefficient (Wildman–Crippen LogP) is 5.60. The lowest BCUT2D eigenvalue weighted by atomic mass is 9.71. The fourth-order valence-electron chi connectivity index (χ4n) is 5.34. The zero-order valence-corrected chi connectivity index (χ0v) is 21.8. The van der Waals surface area contributed by atoms with Crippen molar-refractivity contribution in [1.29, 1.82) is 0 Å². The maximum atomic E-state index is 13.1. The highest BCUT2D eigenvalue weighted by atomic mass is 35.5. The first-order chi connectivity index (χ1) is 18.4. The van der Waals surface area contributed by atoms with Gasteiger partial charge >= 0.3 is 0 Å². The van der Waals surface area contributed by atoms with Crippen LogP contribution in [0.2, 0.25) is 5.02 Å². The molecule has 198 valence electrons. The second-order valence-electron chi connectivity index (χ2n) is 9.50. The van der Waals surface area contributed by atoms with Gasteiger partial charge in [-0.15, -0.1) is 0 Å². The first kappa shape index (κ1) is 26.0. The molecular formula is C29H28ClFN2O5. The van der Waals surface area contributed by atoms with E-state index in [-0.39, 0.29) is 28.9 Å². The number of ether oxygens (including phenoxy) is 2. The molecule has 5 rings (SSSR count). The second-order valence-corrected chi connectivity index (χ2v) is 9.91. The monoisotopic (exact) mass is 538 g/mol. The number of anilines is 1. The van der Waals surface area contributed by atoms with Crippen molar-refractivity contribution < 1.29 is 28.2 Å². The van der Waals surface area contributed by atoms with Gasteiger partial charge in [-0.25, -0.2) is 4.39 Å². The summed E-state index contributed by atoms with van der Waals surface area (Å²) in [6.45, 7) is 1.77. The van der Waals surface area contributed by atoms with Crippen molar-refractivity contribution in [2.24, 2.45) is 0 Å². The first-order valence-corrected chi connectivity index (χ1v) is 13.2. The number of amides is 1. The van der Waals surface area contributed by atoms with E-state index in [1.807, 2.05) is 6.92 Å². The van der Waals surface area contributed by atoms with E-state index >= 15 is 0 Å². The molecular weight excluding hydrogens is 511 g/mol. The summed E-state index contributed by atoms with van der Waals surface area (Å²) < 4.78 is 24.7. The Hall–Kier alpha value is -3.65. The van der Waals surface area contributed by atoms with Gasteiger partial charge in [-0.1, -0.05) is 11.6 Å². The molecule has 0 fully saturated rings. The van der Waals surface area contributed by atoms with Gasteiger partial charge in [0.25, 0.3) is 5.91 Å². The molecule has 0 saturated carbocycles. The summed E-state index contributed by atoms with van der Waals surface area (Å²) in [7, 11) is 0. The highest BCUT2D eigenvalue weighted by Gasteiger charge is 2.40. The van der Waals surface area contributed by atoms with Gasteiger partial charge in [0.2, 0.25) is 0 Å². The Kier molecular flexibility index (Phi) is 7.51. The minimum absolute atomic E-state index is 0.0283. The van der Waals surface area contributed by atoms with Crippen LogP contribution in [0.4, 0.5) is 10.1 Å². The van der Waals surface area contributed by atoms with Crippen LogP contribution < -0.4 is 20.1 Å². The summed E-state index contributed by atoms with van der Waals surface area (Å²) in [5.41, 5.74) is 4.11. The summed E-state index contributed by atoms with van der Waals surface area (Å²) in [5.74, 6) is -0.831. The molecule has 2 aromatic rings. The number of carbonyl (C=O) groups is 3. The van der Waals surface area contributed by atoms with E-state index in [0.29, 0.717) is 47.6 Å². The number of nitrogens with one attached hydrogen (secondary N) is 2. The molecule has 0 unspecified atom stereocenters. The molecule has 0 spiro atoms. The summed E-state index contributed by atoms with van der Waals surface area (Å²) in [5, 5.41) is 6.24. The van der Waals surface area contributed by atoms with Crippen LogP contribution >= 0.6 is 11.6 Å². The molecule has 1 aliphatic heterocycles. The molecule has 0 atom stereocenters. The van der Waals surface area contributed by atoms with Gasteiger partial charge in [0.05, 0.1) is 11.6 Å². The SMILES string of the molecule is CCOc1cc(C2C3=C(CCCC3=O)NC3=C2C(=O)CCC3)cc(Cl)c1OCC(=O)Nc1ccc(F)cc1. The van der Waals surface area contributed by atoms with E-state index in [4.69, 9.17) is 21.1 Å². The van der Waals surface area contributed by atoms with E-state index in [2.05, 4.69) is 10.6 Å². The van der Waals surface area contributed by atoms with Crippen molar-refractivity contribution in [2.75, 3.05) is 18.5 Å². The normalized spacial score (nSPS) is 17.6. The van der Waals surface area contributed by atoms with Crippen LogP contribution in [-0.2, 0) is 14.4 Å². The van der Waals surface area contributed by atoms with Gasteiger partial charge in [-0.2, -0.15) is 0 Å².